The SMILES string of the molecule is C=C(C)C(N)c1csc(I)c1. The largest absolute Gasteiger partial charge is 0.321 e. The predicted molar refractivity (Wildman–Crippen MR) is 58.8 cm³/mol. The lowest BCUT2D eigenvalue weighted by Gasteiger charge is -2.07. The maximum absolute atomic E-state index is 5.85. The zero-order valence-corrected chi connectivity index (χ0v) is 9.28. The summed E-state index contributed by atoms with van der Waals surface area (Å²) in [5, 5.41) is 2.08. The third-order valence-electron chi connectivity index (χ3n) is 1.48. The standard InChI is InChI=1S/C8H10INS/c1-5(2)8(10)6-3-7(9)11-4-6/h3-4,8H,1,10H2,2H3. The van der Waals surface area contributed by atoms with Crippen LogP contribution in [-0.4, -0.2) is 0 Å². The molecular weight excluding hydrogens is 269 g/mol. The number of rotatable bonds is 2. The first-order valence-corrected chi connectivity index (χ1v) is 5.22. The molecular formula is C8H10INS. The van der Waals surface area contributed by atoms with Gasteiger partial charge < -0.3 is 5.73 Å². The summed E-state index contributed by atoms with van der Waals surface area (Å²) in [6.45, 7) is 5.77. The Bertz CT molecular complexity index is 267. The van der Waals surface area contributed by atoms with Crippen LogP contribution in [0.5, 0.6) is 0 Å². The number of thiophene rings is 1. The zero-order valence-electron chi connectivity index (χ0n) is 6.30. The van der Waals surface area contributed by atoms with E-state index >= 15 is 0 Å². The normalized spacial score (nSPS) is 13.0. The maximum Gasteiger partial charge on any atom is 0.0656 e. The van der Waals surface area contributed by atoms with Crippen molar-refractivity contribution in [3.8, 4) is 0 Å². The van der Waals surface area contributed by atoms with E-state index in [4.69, 9.17) is 5.73 Å². The highest BCUT2D eigenvalue weighted by atomic mass is 127. The van der Waals surface area contributed by atoms with E-state index in [2.05, 4.69) is 40.6 Å². The number of nitrogens with two attached hydrogens (primary N) is 1. The fourth-order valence-electron chi connectivity index (χ4n) is 0.771. The van der Waals surface area contributed by atoms with Crippen LogP contribution in [0.4, 0.5) is 0 Å². The molecule has 1 heterocycles. The first-order valence-electron chi connectivity index (χ1n) is 3.26. The van der Waals surface area contributed by atoms with Crippen LogP contribution in [0.2, 0.25) is 0 Å². The summed E-state index contributed by atoms with van der Waals surface area (Å²) in [5.41, 5.74) is 8.04. The van der Waals surface area contributed by atoms with Crippen LogP contribution in [0.25, 0.3) is 0 Å². The van der Waals surface area contributed by atoms with Crippen molar-refractivity contribution < 1.29 is 0 Å². The van der Waals surface area contributed by atoms with E-state index in [1.807, 2.05) is 6.92 Å². The van der Waals surface area contributed by atoms with Gasteiger partial charge in [-0.2, -0.15) is 0 Å². The quantitative estimate of drug-likeness (QED) is 0.653. The fraction of sp³-hybridized carbons (Fsp3) is 0.250. The Hall–Kier alpha value is 0.130. The molecule has 1 unspecified atom stereocenters. The molecule has 0 radical (unpaired) electrons. The minimum atomic E-state index is 0.00904. The Morgan fingerprint density at radius 2 is 2.45 bits per heavy atom. The van der Waals surface area contributed by atoms with Crippen molar-refractivity contribution in [2.75, 3.05) is 0 Å². The molecule has 0 saturated carbocycles. The second-order valence-electron chi connectivity index (χ2n) is 2.51. The molecule has 1 rings (SSSR count). The lowest BCUT2D eigenvalue weighted by molar-refractivity contribution is 0.855. The smallest absolute Gasteiger partial charge is 0.0656 e. The summed E-state index contributed by atoms with van der Waals surface area (Å²) in [5.74, 6) is 0. The van der Waals surface area contributed by atoms with Gasteiger partial charge in [-0.25, -0.2) is 0 Å². The molecule has 1 aromatic rings. The molecule has 0 aliphatic rings. The van der Waals surface area contributed by atoms with Crippen molar-refractivity contribution in [3.05, 3.63) is 32.0 Å². The van der Waals surface area contributed by atoms with Crippen molar-refractivity contribution in [1.29, 1.82) is 0 Å². The van der Waals surface area contributed by atoms with E-state index in [1.54, 1.807) is 11.3 Å². The molecule has 0 aromatic carbocycles. The molecule has 0 amide bonds. The van der Waals surface area contributed by atoms with Gasteiger partial charge in [-0.3, -0.25) is 0 Å². The molecule has 0 aliphatic heterocycles. The van der Waals surface area contributed by atoms with Gasteiger partial charge in [0, 0.05) is 0 Å². The zero-order chi connectivity index (χ0) is 8.43. The fourth-order valence-corrected chi connectivity index (χ4v) is 2.18. The summed E-state index contributed by atoms with van der Waals surface area (Å²) >= 11 is 4.01. The molecule has 0 bridgehead atoms. The maximum atomic E-state index is 5.85. The third-order valence-corrected chi connectivity index (χ3v) is 3.29. The van der Waals surface area contributed by atoms with Crippen LogP contribution in [-0.2, 0) is 0 Å². The number of halogens is 1. The van der Waals surface area contributed by atoms with Crippen molar-refractivity contribution in [3.63, 3.8) is 0 Å². The van der Waals surface area contributed by atoms with Crippen LogP contribution in [0.3, 0.4) is 0 Å². The van der Waals surface area contributed by atoms with Gasteiger partial charge in [0.25, 0.3) is 0 Å². The lowest BCUT2D eigenvalue weighted by atomic mass is 10.1. The first kappa shape index (κ1) is 9.22. The Morgan fingerprint density at radius 3 is 2.82 bits per heavy atom. The summed E-state index contributed by atoms with van der Waals surface area (Å²) in [4.78, 5) is 0. The van der Waals surface area contributed by atoms with Gasteiger partial charge in [0.15, 0.2) is 0 Å². The van der Waals surface area contributed by atoms with E-state index in [1.165, 1.54) is 8.45 Å². The van der Waals surface area contributed by atoms with E-state index in [0.717, 1.165) is 5.57 Å². The summed E-state index contributed by atoms with van der Waals surface area (Å²) in [7, 11) is 0. The molecule has 1 aromatic heterocycles. The predicted octanol–water partition coefficient (Wildman–Crippen LogP) is 2.93. The van der Waals surface area contributed by atoms with Gasteiger partial charge in [0.2, 0.25) is 0 Å². The molecule has 0 saturated heterocycles. The number of hydrogen-bond donors (Lipinski definition) is 1. The van der Waals surface area contributed by atoms with Crippen molar-refractivity contribution in [1.82, 2.24) is 0 Å². The molecule has 3 heteroatoms. The molecule has 1 nitrogen and oxygen atoms in total. The molecule has 1 atom stereocenters. The molecule has 60 valence electrons. The topological polar surface area (TPSA) is 26.0 Å². The Labute approximate surface area is 84.4 Å². The molecule has 0 spiro atoms. The van der Waals surface area contributed by atoms with E-state index in [-0.39, 0.29) is 6.04 Å². The summed E-state index contributed by atoms with van der Waals surface area (Å²) in [6, 6.07) is 2.11. The molecule has 2 N–H and O–H groups in total. The second-order valence-corrected chi connectivity index (χ2v) is 5.31. The van der Waals surface area contributed by atoms with Crippen LogP contribution >= 0.6 is 33.9 Å². The highest BCUT2D eigenvalue weighted by molar-refractivity contribution is 14.1. The monoisotopic (exact) mass is 279 g/mol. The Balaban J connectivity index is 2.84. The van der Waals surface area contributed by atoms with Crippen LogP contribution in [0.15, 0.2) is 23.6 Å². The van der Waals surface area contributed by atoms with Crippen LogP contribution < -0.4 is 5.73 Å². The first-order chi connectivity index (χ1) is 5.11. The van der Waals surface area contributed by atoms with Gasteiger partial charge >= 0.3 is 0 Å². The van der Waals surface area contributed by atoms with Crippen molar-refractivity contribution >= 4 is 33.9 Å². The average Bonchev–Trinajstić information content (AvgIpc) is 2.34. The lowest BCUT2D eigenvalue weighted by Crippen LogP contribution is -2.09. The third kappa shape index (κ3) is 2.28. The molecule has 0 fully saturated rings. The average molecular weight is 279 g/mol. The molecule has 11 heavy (non-hydrogen) atoms. The molecule has 0 aliphatic carbocycles. The van der Waals surface area contributed by atoms with Gasteiger partial charge in [0.05, 0.1) is 8.93 Å². The van der Waals surface area contributed by atoms with Crippen molar-refractivity contribution in [2.24, 2.45) is 5.73 Å². The van der Waals surface area contributed by atoms with Crippen molar-refractivity contribution in [2.45, 2.75) is 13.0 Å². The van der Waals surface area contributed by atoms with Gasteiger partial charge in [-0.15, -0.1) is 11.3 Å². The van der Waals surface area contributed by atoms with Gasteiger partial charge in [0.1, 0.15) is 0 Å². The van der Waals surface area contributed by atoms with Gasteiger partial charge in [-0.05, 0) is 46.5 Å². The Morgan fingerprint density at radius 1 is 1.82 bits per heavy atom. The van der Waals surface area contributed by atoms with E-state index in [0.29, 0.717) is 0 Å². The summed E-state index contributed by atoms with van der Waals surface area (Å²) < 4.78 is 1.27. The summed E-state index contributed by atoms with van der Waals surface area (Å²) in [6.07, 6.45) is 0. The number of hydrogen-bond acceptors (Lipinski definition) is 2. The highest BCUT2D eigenvalue weighted by Crippen LogP contribution is 2.24. The van der Waals surface area contributed by atoms with Crippen LogP contribution in [0.1, 0.15) is 18.5 Å². The minimum Gasteiger partial charge on any atom is -0.321 e. The minimum absolute atomic E-state index is 0.00904. The second kappa shape index (κ2) is 3.69. The highest BCUT2D eigenvalue weighted by Gasteiger charge is 2.07. The van der Waals surface area contributed by atoms with Gasteiger partial charge in [-0.1, -0.05) is 12.2 Å². The Kier molecular flexibility index (Phi) is 3.09. The van der Waals surface area contributed by atoms with Crippen LogP contribution in [0, 0.1) is 2.88 Å². The van der Waals surface area contributed by atoms with E-state index < -0.39 is 0 Å². The van der Waals surface area contributed by atoms with E-state index in [9.17, 15) is 0 Å².